The average molecular weight is 466 g/mol. The van der Waals surface area contributed by atoms with Gasteiger partial charge in [-0.05, 0) is 23.8 Å². The van der Waals surface area contributed by atoms with Crippen LogP contribution < -0.4 is 14.4 Å². The highest BCUT2D eigenvalue weighted by atomic mass is 16.7. The van der Waals surface area contributed by atoms with Crippen LogP contribution in [0.5, 0.6) is 29.3 Å². The second kappa shape index (κ2) is 9.20. The van der Waals surface area contributed by atoms with Crippen molar-refractivity contribution in [2.75, 3.05) is 0 Å². The van der Waals surface area contributed by atoms with E-state index in [9.17, 15) is 30.0 Å². The lowest BCUT2D eigenvalue weighted by molar-refractivity contribution is 0.0375. The zero-order valence-corrected chi connectivity index (χ0v) is 17.4. The third-order valence-corrected chi connectivity index (χ3v) is 4.57. The minimum Gasteiger partial charge on any atom is -0.492 e. The Balaban J connectivity index is 1.64. The Hall–Kier alpha value is -5.06. The van der Waals surface area contributed by atoms with Gasteiger partial charge in [-0.2, -0.15) is 0 Å². The van der Waals surface area contributed by atoms with Gasteiger partial charge < -0.3 is 34.8 Å². The third-order valence-electron chi connectivity index (χ3n) is 4.57. The Morgan fingerprint density at radius 2 is 1.09 bits per heavy atom. The molecule has 0 aliphatic carbocycles. The number of carbonyl (C=O) groups excluding carboxylic acids is 2. The first-order chi connectivity index (χ1) is 16.3. The summed E-state index contributed by atoms with van der Waals surface area (Å²) in [4.78, 5) is 35.3. The van der Waals surface area contributed by atoms with Crippen molar-refractivity contribution in [3.63, 3.8) is 0 Å². The fourth-order valence-corrected chi connectivity index (χ4v) is 2.92. The molecule has 0 saturated carbocycles. The molecule has 2 heterocycles. The number of aromatic nitrogens is 2. The average Bonchev–Trinajstić information content (AvgIpc) is 3.33. The molecule has 0 aliphatic rings. The summed E-state index contributed by atoms with van der Waals surface area (Å²) in [6, 6.07) is 17.3. The van der Waals surface area contributed by atoms with Crippen molar-refractivity contribution in [2.24, 2.45) is 0 Å². The molecule has 0 radical (unpaired) electrons. The molecule has 2 aromatic carbocycles. The minimum atomic E-state index is -1.03. The van der Waals surface area contributed by atoms with Gasteiger partial charge in [0.15, 0.2) is 0 Å². The highest BCUT2D eigenvalue weighted by Crippen LogP contribution is 2.24. The standard InChI is InChI=1S/C23H18N2O9/c26-18-6-7-19(27)24(18)33-22(30)15-10-16(23(31)34-25-20(28)8-9-21(25)29)12-17(11-15)32-13-14-4-2-1-3-5-14/h1-12,26-29H,13H2. The number of ether oxygens (including phenoxy) is 1. The molecule has 0 fully saturated rings. The maximum Gasteiger partial charge on any atom is 0.364 e. The van der Waals surface area contributed by atoms with Crippen molar-refractivity contribution in [3.05, 3.63) is 89.5 Å². The first kappa shape index (κ1) is 22.1. The van der Waals surface area contributed by atoms with Gasteiger partial charge in [0.25, 0.3) is 0 Å². The van der Waals surface area contributed by atoms with Gasteiger partial charge >= 0.3 is 11.9 Å². The van der Waals surface area contributed by atoms with Crippen LogP contribution in [0.3, 0.4) is 0 Å². The molecule has 34 heavy (non-hydrogen) atoms. The summed E-state index contributed by atoms with van der Waals surface area (Å²) in [5.74, 6) is -4.07. The second-order valence-corrected chi connectivity index (χ2v) is 6.97. The van der Waals surface area contributed by atoms with E-state index in [1.54, 1.807) is 0 Å². The molecule has 174 valence electrons. The van der Waals surface area contributed by atoms with E-state index in [2.05, 4.69) is 0 Å². The number of carbonyl (C=O) groups is 2. The molecule has 0 saturated heterocycles. The number of benzene rings is 2. The predicted molar refractivity (Wildman–Crippen MR) is 115 cm³/mol. The Morgan fingerprint density at radius 1 is 0.647 bits per heavy atom. The minimum absolute atomic E-state index is 0.104. The summed E-state index contributed by atoms with van der Waals surface area (Å²) >= 11 is 0. The van der Waals surface area contributed by atoms with Crippen LogP contribution in [0.15, 0.2) is 72.8 Å². The molecule has 0 bridgehead atoms. The van der Waals surface area contributed by atoms with Gasteiger partial charge in [0.05, 0.1) is 11.1 Å². The molecule has 0 atom stereocenters. The van der Waals surface area contributed by atoms with Crippen LogP contribution in [0.1, 0.15) is 26.3 Å². The third kappa shape index (κ3) is 4.72. The summed E-state index contributed by atoms with van der Waals surface area (Å²) in [6.45, 7) is 0.117. The first-order valence-corrected chi connectivity index (χ1v) is 9.78. The van der Waals surface area contributed by atoms with Crippen molar-refractivity contribution < 1.29 is 44.4 Å². The highest BCUT2D eigenvalue weighted by Gasteiger charge is 2.21. The number of nitrogens with zero attached hydrogens (tertiary/aromatic N) is 2. The fraction of sp³-hybridized carbons (Fsp3) is 0.0435. The van der Waals surface area contributed by atoms with E-state index in [0.717, 1.165) is 35.9 Å². The molecular weight excluding hydrogens is 448 g/mol. The second-order valence-electron chi connectivity index (χ2n) is 6.97. The summed E-state index contributed by atoms with van der Waals surface area (Å²) in [6.07, 6.45) is 0. The molecule has 4 rings (SSSR count). The van der Waals surface area contributed by atoms with E-state index in [1.165, 1.54) is 12.1 Å². The summed E-state index contributed by atoms with van der Waals surface area (Å²) < 4.78 is 6.70. The maximum absolute atomic E-state index is 12.7. The van der Waals surface area contributed by atoms with Crippen LogP contribution in [-0.4, -0.2) is 41.8 Å². The van der Waals surface area contributed by atoms with Crippen molar-refractivity contribution in [3.8, 4) is 29.3 Å². The number of hydrogen-bond donors (Lipinski definition) is 4. The van der Waals surface area contributed by atoms with Gasteiger partial charge in [-0.3, -0.25) is 0 Å². The van der Waals surface area contributed by atoms with E-state index >= 15 is 0 Å². The maximum atomic E-state index is 12.7. The molecular formula is C23H18N2O9. The van der Waals surface area contributed by atoms with Gasteiger partial charge in [-0.15, -0.1) is 9.46 Å². The Morgan fingerprint density at radius 3 is 1.53 bits per heavy atom. The zero-order chi connectivity index (χ0) is 24.2. The fourth-order valence-electron chi connectivity index (χ4n) is 2.92. The van der Waals surface area contributed by atoms with Crippen LogP contribution in [0.25, 0.3) is 0 Å². The van der Waals surface area contributed by atoms with Crippen molar-refractivity contribution in [1.29, 1.82) is 0 Å². The van der Waals surface area contributed by atoms with Crippen molar-refractivity contribution in [1.82, 2.24) is 9.46 Å². The van der Waals surface area contributed by atoms with E-state index in [1.807, 2.05) is 30.3 Å². The Kier molecular flexibility index (Phi) is 5.99. The lowest BCUT2D eigenvalue weighted by Crippen LogP contribution is -2.22. The summed E-state index contributed by atoms with van der Waals surface area (Å²) in [7, 11) is 0. The molecule has 0 spiro atoms. The van der Waals surface area contributed by atoms with E-state index in [-0.39, 0.29) is 23.5 Å². The molecule has 11 heteroatoms. The molecule has 0 amide bonds. The largest absolute Gasteiger partial charge is 0.492 e. The molecule has 2 aromatic heterocycles. The zero-order valence-electron chi connectivity index (χ0n) is 17.4. The molecule has 0 aliphatic heterocycles. The van der Waals surface area contributed by atoms with Crippen LogP contribution >= 0.6 is 0 Å². The van der Waals surface area contributed by atoms with Gasteiger partial charge in [0.1, 0.15) is 12.4 Å². The topological polar surface area (TPSA) is 153 Å². The summed E-state index contributed by atoms with van der Waals surface area (Å²) in [5.41, 5.74) is 0.473. The first-order valence-electron chi connectivity index (χ1n) is 9.78. The van der Waals surface area contributed by atoms with Crippen molar-refractivity contribution in [2.45, 2.75) is 6.61 Å². The Labute approximate surface area is 191 Å². The van der Waals surface area contributed by atoms with Gasteiger partial charge in [-0.25, -0.2) is 9.59 Å². The lowest BCUT2D eigenvalue weighted by atomic mass is 10.1. The highest BCUT2D eigenvalue weighted by molar-refractivity contribution is 5.96. The molecule has 11 nitrogen and oxygen atoms in total. The van der Waals surface area contributed by atoms with Crippen LogP contribution in [0.2, 0.25) is 0 Å². The van der Waals surface area contributed by atoms with E-state index in [4.69, 9.17) is 14.4 Å². The van der Waals surface area contributed by atoms with Crippen molar-refractivity contribution >= 4 is 11.9 Å². The molecule has 4 aromatic rings. The van der Waals surface area contributed by atoms with Gasteiger partial charge in [0.2, 0.25) is 23.5 Å². The van der Waals surface area contributed by atoms with E-state index in [0.29, 0.717) is 9.46 Å². The quantitative estimate of drug-likeness (QED) is 0.321. The van der Waals surface area contributed by atoms with Crippen LogP contribution in [0, 0.1) is 0 Å². The molecule has 4 N–H and O–H groups in total. The van der Waals surface area contributed by atoms with Gasteiger partial charge in [-0.1, -0.05) is 30.3 Å². The Bertz CT molecular complexity index is 1220. The van der Waals surface area contributed by atoms with E-state index < -0.39 is 35.5 Å². The molecule has 0 unspecified atom stereocenters. The lowest BCUT2D eigenvalue weighted by Gasteiger charge is -2.12. The number of aromatic hydroxyl groups is 4. The predicted octanol–water partition coefficient (Wildman–Crippen LogP) is 2.23. The number of rotatable bonds is 7. The number of hydrogen-bond acceptors (Lipinski definition) is 9. The summed E-state index contributed by atoms with van der Waals surface area (Å²) in [5, 5.41) is 38.8. The van der Waals surface area contributed by atoms with Crippen LogP contribution in [0.4, 0.5) is 0 Å². The SMILES string of the molecule is O=C(On1c(O)ccc1O)c1cc(OCc2ccccc2)cc(C(=O)On2c(O)ccc2O)c1. The smallest absolute Gasteiger partial charge is 0.364 e. The normalized spacial score (nSPS) is 10.6. The van der Waals surface area contributed by atoms with Gasteiger partial charge in [0, 0.05) is 24.3 Å². The monoisotopic (exact) mass is 466 g/mol. The van der Waals surface area contributed by atoms with Crippen LogP contribution in [-0.2, 0) is 6.61 Å².